The van der Waals surface area contributed by atoms with E-state index >= 15 is 0 Å². The van der Waals surface area contributed by atoms with E-state index in [0.29, 0.717) is 25.9 Å². The number of hydrogen-bond acceptors (Lipinski definition) is 6. The maximum Gasteiger partial charge on any atom is 0.410 e. The van der Waals surface area contributed by atoms with E-state index in [1.165, 1.54) is 0 Å². The third-order valence-corrected chi connectivity index (χ3v) is 5.29. The molecule has 2 fully saturated rings. The van der Waals surface area contributed by atoms with Crippen LogP contribution in [0.4, 0.5) is 4.79 Å². The van der Waals surface area contributed by atoms with E-state index in [1.807, 2.05) is 0 Å². The molecule has 1 amide bonds. The van der Waals surface area contributed by atoms with E-state index in [1.54, 1.807) is 25.7 Å². The summed E-state index contributed by atoms with van der Waals surface area (Å²) in [6.45, 7) is 6.16. The molecule has 2 aliphatic heterocycles. The van der Waals surface area contributed by atoms with Crippen LogP contribution in [-0.4, -0.2) is 55.9 Å². The van der Waals surface area contributed by atoms with Gasteiger partial charge in [0.15, 0.2) is 0 Å². The SMILES string of the molecule is CC(C)(C)OC(=O)N1CCC2(CC1)CC(=O)OC2CS(=O)(=O)Cl. The number of carbonyl (C=O) groups excluding carboxylic acids is 2. The lowest BCUT2D eigenvalue weighted by Gasteiger charge is -2.40. The first-order chi connectivity index (χ1) is 10.4. The van der Waals surface area contributed by atoms with Gasteiger partial charge in [0.2, 0.25) is 9.05 Å². The first kappa shape index (κ1) is 18.3. The van der Waals surface area contributed by atoms with Crippen molar-refractivity contribution in [1.82, 2.24) is 4.90 Å². The Bertz CT molecular complexity index is 589. The van der Waals surface area contributed by atoms with Crippen molar-refractivity contribution in [2.45, 2.75) is 51.7 Å². The number of likely N-dealkylation sites (tertiary alicyclic amines) is 1. The molecule has 0 N–H and O–H groups in total. The molecule has 9 heteroatoms. The fourth-order valence-electron chi connectivity index (χ4n) is 3.08. The number of cyclic esters (lactones) is 1. The lowest BCUT2D eigenvalue weighted by Crippen LogP contribution is -2.48. The predicted octanol–water partition coefficient (Wildman–Crippen LogP) is 1.89. The number of nitrogens with zero attached hydrogens (tertiary/aromatic N) is 1. The van der Waals surface area contributed by atoms with Gasteiger partial charge in [-0.1, -0.05) is 0 Å². The first-order valence-corrected chi connectivity index (χ1v) is 9.98. The van der Waals surface area contributed by atoms with Crippen LogP contribution in [0.2, 0.25) is 0 Å². The van der Waals surface area contributed by atoms with Gasteiger partial charge in [0, 0.05) is 29.2 Å². The lowest BCUT2D eigenvalue weighted by molar-refractivity contribution is -0.141. The molecule has 2 rings (SSSR count). The highest BCUT2D eigenvalue weighted by Crippen LogP contribution is 2.45. The van der Waals surface area contributed by atoms with Crippen molar-refractivity contribution in [3.05, 3.63) is 0 Å². The summed E-state index contributed by atoms with van der Waals surface area (Å²) in [7, 11) is 1.54. The minimum atomic E-state index is -3.77. The summed E-state index contributed by atoms with van der Waals surface area (Å²) in [5.41, 5.74) is -1.15. The molecule has 0 radical (unpaired) electrons. The van der Waals surface area contributed by atoms with E-state index in [9.17, 15) is 18.0 Å². The van der Waals surface area contributed by atoms with Crippen LogP contribution in [0, 0.1) is 5.41 Å². The largest absolute Gasteiger partial charge is 0.461 e. The topological polar surface area (TPSA) is 90.0 Å². The number of ether oxygens (including phenoxy) is 2. The quantitative estimate of drug-likeness (QED) is 0.547. The van der Waals surface area contributed by atoms with Crippen LogP contribution in [0.5, 0.6) is 0 Å². The molecular weight excluding hydrogens is 346 g/mol. The lowest BCUT2D eigenvalue weighted by atomic mass is 9.73. The molecule has 1 spiro atoms. The highest BCUT2D eigenvalue weighted by molar-refractivity contribution is 8.13. The Labute approximate surface area is 140 Å². The van der Waals surface area contributed by atoms with Crippen LogP contribution in [0.3, 0.4) is 0 Å². The third kappa shape index (κ3) is 4.73. The van der Waals surface area contributed by atoms with Gasteiger partial charge in [-0.3, -0.25) is 4.79 Å². The normalized spacial score (nSPS) is 24.6. The standard InChI is InChI=1S/C14H22ClNO6S/c1-13(2,3)22-12(18)16-6-4-14(5-7-16)8-11(17)21-10(14)9-23(15,19)20/h10H,4-9H2,1-3H3. The van der Waals surface area contributed by atoms with Crippen molar-refractivity contribution in [3.8, 4) is 0 Å². The highest BCUT2D eigenvalue weighted by atomic mass is 35.7. The molecule has 2 aliphatic rings. The summed E-state index contributed by atoms with van der Waals surface area (Å²) in [6, 6.07) is 0. The van der Waals surface area contributed by atoms with Gasteiger partial charge in [0.1, 0.15) is 17.5 Å². The Morgan fingerprint density at radius 2 is 1.96 bits per heavy atom. The second-order valence-corrected chi connectivity index (χ2v) is 10.0. The molecule has 2 saturated heterocycles. The zero-order chi connectivity index (χ0) is 17.5. The van der Waals surface area contributed by atoms with Gasteiger partial charge in [-0.25, -0.2) is 13.2 Å². The van der Waals surface area contributed by atoms with Gasteiger partial charge in [-0.05, 0) is 33.6 Å². The summed E-state index contributed by atoms with van der Waals surface area (Å²) < 4.78 is 33.2. The second-order valence-electron chi connectivity index (χ2n) is 7.19. The Balaban J connectivity index is 2.03. The van der Waals surface area contributed by atoms with E-state index in [2.05, 4.69) is 0 Å². The number of halogens is 1. The summed E-state index contributed by atoms with van der Waals surface area (Å²) in [6.07, 6.45) is -0.0338. The third-order valence-electron chi connectivity index (χ3n) is 4.21. The molecule has 0 aromatic carbocycles. The van der Waals surface area contributed by atoms with E-state index in [-0.39, 0.29) is 6.42 Å². The van der Waals surface area contributed by atoms with Crippen molar-refractivity contribution < 1.29 is 27.5 Å². The van der Waals surface area contributed by atoms with Gasteiger partial charge in [0.05, 0.1) is 6.42 Å². The average Bonchev–Trinajstić information content (AvgIpc) is 2.61. The Hall–Kier alpha value is -1.02. The number of amides is 1. The van der Waals surface area contributed by atoms with Crippen molar-refractivity contribution >= 4 is 31.8 Å². The average molecular weight is 368 g/mol. The molecule has 0 bridgehead atoms. The van der Waals surface area contributed by atoms with E-state index in [0.717, 1.165) is 0 Å². The Morgan fingerprint density at radius 3 is 2.43 bits per heavy atom. The summed E-state index contributed by atoms with van der Waals surface area (Å²) in [5, 5.41) is 0. The second kappa shape index (κ2) is 6.12. The van der Waals surface area contributed by atoms with Crippen molar-refractivity contribution in [3.63, 3.8) is 0 Å². The predicted molar refractivity (Wildman–Crippen MR) is 83.6 cm³/mol. The van der Waals surface area contributed by atoms with Crippen molar-refractivity contribution in [2.75, 3.05) is 18.8 Å². The maximum absolute atomic E-state index is 12.1. The molecular formula is C14H22ClNO6S. The number of rotatable bonds is 2. The fraction of sp³-hybridized carbons (Fsp3) is 0.857. The Morgan fingerprint density at radius 1 is 1.39 bits per heavy atom. The van der Waals surface area contributed by atoms with Gasteiger partial charge < -0.3 is 14.4 Å². The monoisotopic (exact) mass is 367 g/mol. The molecule has 7 nitrogen and oxygen atoms in total. The minimum Gasteiger partial charge on any atom is -0.461 e. The van der Waals surface area contributed by atoms with Crippen LogP contribution < -0.4 is 0 Å². The fourth-order valence-corrected chi connectivity index (χ4v) is 4.20. The minimum absolute atomic E-state index is 0.159. The number of carbonyl (C=O) groups is 2. The number of hydrogen-bond donors (Lipinski definition) is 0. The highest BCUT2D eigenvalue weighted by Gasteiger charge is 2.52. The molecule has 0 aromatic heterocycles. The summed E-state index contributed by atoms with van der Waals surface area (Å²) in [4.78, 5) is 25.3. The maximum atomic E-state index is 12.1. The van der Waals surface area contributed by atoms with Gasteiger partial charge in [0.25, 0.3) is 0 Å². The smallest absolute Gasteiger partial charge is 0.410 e. The zero-order valence-electron chi connectivity index (χ0n) is 13.5. The van der Waals surface area contributed by atoms with Gasteiger partial charge >= 0.3 is 12.1 Å². The van der Waals surface area contributed by atoms with Crippen LogP contribution >= 0.6 is 10.7 Å². The molecule has 132 valence electrons. The van der Waals surface area contributed by atoms with Crippen LogP contribution in [0.15, 0.2) is 0 Å². The molecule has 0 saturated carbocycles. The van der Waals surface area contributed by atoms with Gasteiger partial charge in [-0.15, -0.1) is 0 Å². The molecule has 23 heavy (non-hydrogen) atoms. The van der Waals surface area contributed by atoms with E-state index in [4.69, 9.17) is 20.2 Å². The summed E-state index contributed by atoms with van der Waals surface area (Å²) >= 11 is 0. The Kier molecular flexibility index (Phi) is 4.88. The molecule has 0 aromatic rings. The summed E-state index contributed by atoms with van der Waals surface area (Å²) in [5.74, 6) is -0.812. The van der Waals surface area contributed by atoms with E-state index < -0.39 is 44.0 Å². The van der Waals surface area contributed by atoms with Crippen LogP contribution in [-0.2, 0) is 23.3 Å². The van der Waals surface area contributed by atoms with Crippen molar-refractivity contribution in [1.29, 1.82) is 0 Å². The van der Waals surface area contributed by atoms with Crippen LogP contribution in [0.1, 0.15) is 40.0 Å². The van der Waals surface area contributed by atoms with Gasteiger partial charge in [-0.2, -0.15) is 0 Å². The number of piperidine rings is 1. The first-order valence-electron chi connectivity index (χ1n) is 7.50. The molecule has 2 heterocycles. The molecule has 1 atom stereocenters. The zero-order valence-corrected chi connectivity index (χ0v) is 15.1. The molecule has 1 unspecified atom stereocenters. The number of esters is 1. The van der Waals surface area contributed by atoms with Crippen molar-refractivity contribution in [2.24, 2.45) is 5.41 Å². The molecule has 0 aliphatic carbocycles. The van der Waals surface area contributed by atoms with Crippen LogP contribution in [0.25, 0.3) is 0 Å².